The Bertz CT molecular complexity index is 1100. The Kier molecular flexibility index (Phi) is 3.49. The minimum atomic E-state index is 0.555. The molecule has 7 nitrogen and oxygen atoms in total. The first kappa shape index (κ1) is 15.2. The Hall–Kier alpha value is -3.13. The molecule has 0 atom stereocenters. The summed E-state index contributed by atoms with van der Waals surface area (Å²) in [6.45, 7) is 1.13. The molecule has 1 aliphatic heterocycles. The summed E-state index contributed by atoms with van der Waals surface area (Å²) < 4.78 is 18.4. The van der Waals surface area contributed by atoms with E-state index in [1.165, 1.54) is 11.3 Å². The third-order valence-corrected chi connectivity index (χ3v) is 5.08. The lowest BCUT2D eigenvalue weighted by atomic mass is 10.2. The second kappa shape index (κ2) is 5.99. The van der Waals surface area contributed by atoms with Crippen molar-refractivity contribution in [3.8, 4) is 39.2 Å². The van der Waals surface area contributed by atoms with E-state index in [1.807, 2.05) is 42.5 Å². The molecule has 0 fully saturated rings. The van der Waals surface area contributed by atoms with Crippen molar-refractivity contribution in [2.45, 2.75) is 0 Å². The number of aromatic nitrogens is 4. The van der Waals surface area contributed by atoms with Crippen molar-refractivity contribution in [3.05, 3.63) is 42.5 Å². The minimum Gasteiger partial charge on any atom is -0.496 e. The normalized spacial score (nSPS) is 13.1. The lowest BCUT2D eigenvalue weighted by Crippen LogP contribution is -2.15. The van der Waals surface area contributed by atoms with E-state index in [1.54, 1.807) is 11.6 Å². The second-order valence-electron chi connectivity index (χ2n) is 5.68. The Morgan fingerprint density at radius 2 is 1.88 bits per heavy atom. The predicted molar refractivity (Wildman–Crippen MR) is 97.1 cm³/mol. The molecule has 130 valence electrons. The molecule has 3 heterocycles. The van der Waals surface area contributed by atoms with Gasteiger partial charge in [0.25, 0.3) is 0 Å². The van der Waals surface area contributed by atoms with Crippen LogP contribution in [0.5, 0.6) is 17.2 Å². The summed E-state index contributed by atoms with van der Waals surface area (Å²) in [5.41, 5.74) is 1.80. The molecule has 0 amide bonds. The van der Waals surface area contributed by atoms with Crippen LogP contribution < -0.4 is 14.2 Å². The van der Waals surface area contributed by atoms with Gasteiger partial charge < -0.3 is 14.2 Å². The maximum atomic E-state index is 5.67. The van der Waals surface area contributed by atoms with Crippen molar-refractivity contribution < 1.29 is 14.2 Å². The van der Waals surface area contributed by atoms with Gasteiger partial charge in [0.15, 0.2) is 17.3 Å². The van der Waals surface area contributed by atoms with Gasteiger partial charge in [-0.1, -0.05) is 23.5 Å². The zero-order chi connectivity index (χ0) is 17.5. The van der Waals surface area contributed by atoms with Crippen LogP contribution in [0.2, 0.25) is 0 Å². The average molecular weight is 366 g/mol. The van der Waals surface area contributed by atoms with Gasteiger partial charge in [0.1, 0.15) is 24.0 Å². The molecule has 8 heteroatoms. The van der Waals surface area contributed by atoms with Gasteiger partial charge in [-0.05, 0) is 30.3 Å². The van der Waals surface area contributed by atoms with E-state index in [4.69, 9.17) is 19.3 Å². The van der Waals surface area contributed by atoms with Crippen LogP contribution in [0.3, 0.4) is 0 Å². The molecular weight excluding hydrogens is 352 g/mol. The molecule has 0 radical (unpaired) electrons. The monoisotopic (exact) mass is 366 g/mol. The fraction of sp³-hybridized carbons (Fsp3) is 0.167. The highest BCUT2D eigenvalue weighted by Crippen LogP contribution is 2.37. The molecule has 5 rings (SSSR count). The molecule has 0 N–H and O–H groups in total. The van der Waals surface area contributed by atoms with Crippen LogP contribution in [0.1, 0.15) is 0 Å². The first-order valence-corrected chi connectivity index (χ1v) is 8.91. The summed E-state index contributed by atoms with van der Waals surface area (Å²) in [6, 6.07) is 13.5. The van der Waals surface area contributed by atoms with E-state index in [2.05, 4.69) is 10.2 Å². The maximum absolute atomic E-state index is 5.67. The molecule has 0 unspecified atom stereocenters. The molecule has 0 bridgehead atoms. The first-order valence-electron chi connectivity index (χ1n) is 8.09. The van der Waals surface area contributed by atoms with Gasteiger partial charge in [0.05, 0.1) is 12.7 Å². The van der Waals surface area contributed by atoms with Crippen LogP contribution in [-0.4, -0.2) is 40.1 Å². The van der Waals surface area contributed by atoms with Crippen molar-refractivity contribution in [1.29, 1.82) is 0 Å². The predicted octanol–water partition coefficient (Wildman–Crippen LogP) is 3.30. The highest BCUT2D eigenvalue weighted by atomic mass is 32.1. The van der Waals surface area contributed by atoms with E-state index in [0.717, 1.165) is 38.3 Å². The number of methoxy groups -OCH3 is 1. The SMILES string of the molecule is COc1ccccc1-c1nnc2sc(-c3ccc4c(c3)OCCO4)nn12. The molecule has 4 aromatic rings. The fourth-order valence-corrected chi connectivity index (χ4v) is 3.74. The second-order valence-corrected chi connectivity index (χ2v) is 6.64. The number of benzene rings is 2. The molecule has 2 aromatic carbocycles. The van der Waals surface area contributed by atoms with Crippen LogP contribution >= 0.6 is 11.3 Å². The molecule has 0 saturated carbocycles. The Balaban J connectivity index is 1.60. The van der Waals surface area contributed by atoms with Crippen molar-refractivity contribution >= 4 is 16.3 Å². The largest absolute Gasteiger partial charge is 0.496 e. The van der Waals surface area contributed by atoms with Crippen LogP contribution in [0.4, 0.5) is 0 Å². The van der Waals surface area contributed by atoms with E-state index >= 15 is 0 Å². The van der Waals surface area contributed by atoms with Crippen LogP contribution in [0, 0.1) is 0 Å². The topological polar surface area (TPSA) is 70.8 Å². The molecule has 2 aromatic heterocycles. The molecule has 0 aliphatic carbocycles. The van der Waals surface area contributed by atoms with Gasteiger partial charge in [0.2, 0.25) is 4.96 Å². The number of nitrogens with zero attached hydrogens (tertiary/aromatic N) is 4. The fourth-order valence-electron chi connectivity index (χ4n) is 2.91. The molecule has 26 heavy (non-hydrogen) atoms. The molecule has 1 aliphatic rings. The summed E-state index contributed by atoms with van der Waals surface area (Å²) in [6.07, 6.45) is 0. The zero-order valence-electron chi connectivity index (χ0n) is 13.9. The summed E-state index contributed by atoms with van der Waals surface area (Å²) in [5.74, 6) is 2.88. The maximum Gasteiger partial charge on any atom is 0.235 e. The Morgan fingerprint density at radius 1 is 1.04 bits per heavy atom. The highest BCUT2D eigenvalue weighted by Gasteiger charge is 2.19. The van der Waals surface area contributed by atoms with Crippen LogP contribution in [-0.2, 0) is 0 Å². The van der Waals surface area contributed by atoms with Gasteiger partial charge in [-0.15, -0.1) is 10.2 Å². The van der Waals surface area contributed by atoms with Crippen LogP contribution in [0.25, 0.3) is 26.9 Å². The van der Waals surface area contributed by atoms with Gasteiger partial charge >= 0.3 is 0 Å². The van der Waals surface area contributed by atoms with Crippen molar-refractivity contribution in [3.63, 3.8) is 0 Å². The summed E-state index contributed by atoms with van der Waals surface area (Å²) >= 11 is 1.47. The zero-order valence-corrected chi connectivity index (χ0v) is 14.7. The number of fused-ring (bicyclic) bond motifs is 2. The van der Waals surface area contributed by atoms with Crippen molar-refractivity contribution in [2.24, 2.45) is 0 Å². The third kappa shape index (κ3) is 2.38. The van der Waals surface area contributed by atoms with E-state index in [9.17, 15) is 0 Å². The lowest BCUT2D eigenvalue weighted by Gasteiger charge is -2.18. The van der Waals surface area contributed by atoms with Gasteiger partial charge in [0, 0.05) is 5.56 Å². The third-order valence-electron chi connectivity index (χ3n) is 4.13. The number of hydrogen-bond donors (Lipinski definition) is 0. The number of ether oxygens (including phenoxy) is 3. The summed E-state index contributed by atoms with van der Waals surface area (Å²) in [7, 11) is 1.64. The van der Waals surface area contributed by atoms with Crippen molar-refractivity contribution in [2.75, 3.05) is 20.3 Å². The van der Waals surface area contributed by atoms with E-state index < -0.39 is 0 Å². The first-order chi connectivity index (χ1) is 12.8. The van der Waals surface area contributed by atoms with Crippen LogP contribution in [0.15, 0.2) is 42.5 Å². The summed E-state index contributed by atoms with van der Waals surface area (Å²) in [5, 5.41) is 14.1. The Labute approximate surface area is 152 Å². The standard InChI is InChI=1S/C18H14N4O3S/c1-23-13-5-3-2-4-12(13)16-19-20-18-22(16)21-17(26-18)11-6-7-14-15(10-11)25-9-8-24-14/h2-7,10H,8-9H2,1H3. The quantitative estimate of drug-likeness (QED) is 0.554. The number of hydrogen-bond acceptors (Lipinski definition) is 7. The van der Waals surface area contributed by atoms with Gasteiger partial charge in [-0.25, -0.2) is 0 Å². The molecule has 0 spiro atoms. The Morgan fingerprint density at radius 3 is 2.77 bits per heavy atom. The lowest BCUT2D eigenvalue weighted by molar-refractivity contribution is 0.171. The van der Waals surface area contributed by atoms with Gasteiger partial charge in [-0.3, -0.25) is 0 Å². The van der Waals surface area contributed by atoms with Crippen molar-refractivity contribution in [1.82, 2.24) is 19.8 Å². The van der Waals surface area contributed by atoms with E-state index in [-0.39, 0.29) is 0 Å². The summed E-state index contributed by atoms with van der Waals surface area (Å²) in [4.78, 5) is 0.718. The highest BCUT2D eigenvalue weighted by molar-refractivity contribution is 7.19. The molecule has 0 saturated heterocycles. The minimum absolute atomic E-state index is 0.555. The average Bonchev–Trinajstić information content (AvgIpc) is 3.28. The molecular formula is C18H14N4O3S. The number of para-hydroxylation sites is 1. The number of rotatable bonds is 3. The van der Waals surface area contributed by atoms with Gasteiger partial charge in [-0.2, -0.15) is 9.61 Å². The smallest absolute Gasteiger partial charge is 0.235 e. The van der Waals surface area contributed by atoms with E-state index in [0.29, 0.717) is 19.0 Å².